The third kappa shape index (κ3) is 3.22. The summed E-state index contributed by atoms with van der Waals surface area (Å²) < 4.78 is 0. The van der Waals surface area contributed by atoms with Crippen molar-refractivity contribution in [3.05, 3.63) is 126 Å². The van der Waals surface area contributed by atoms with Gasteiger partial charge in [0.05, 0.1) is 0 Å². The monoisotopic (exact) mass is 462 g/mol. The minimum Gasteiger partial charge on any atom is -0.134 e. The first-order valence-electron chi connectivity index (χ1n) is 12.1. The van der Waals surface area contributed by atoms with E-state index >= 15 is 0 Å². The summed E-state index contributed by atoms with van der Waals surface area (Å²) in [5.74, 6) is 0. The molecule has 1 aliphatic rings. The first-order chi connectivity index (χ1) is 17.4. The second-order valence-corrected chi connectivity index (χ2v) is 10.0. The van der Waals surface area contributed by atoms with E-state index in [-0.39, 0.29) is 0 Å². The van der Waals surface area contributed by atoms with Crippen molar-refractivity contribution in [3.63, 3.8) is 0 Å². The molecule has 1 aliphatic carbocycles. The lowest BCUT2D eigenvalue weighted by atomic mass is 9.85. The highest BCUT2D eigenvalue weighted by Crippen LogP contribution is 2.51. The predicted molar refractivity (Wildman–Crippen MR) is 151 cm³/mol. The Balaban J connectivity index is 1.66. The van der Waals surface area contributed by atoms with E-state index < -0.39 is 0 Å². The predicted octanol–water partition coefficient (Wildman–Crippen LogP) is 9.62. The van der Waals surface area contributed by atoms with Crippen molar-refractivity contribution in [1.29, 1.82) is 0 Å². The zero-order valence-electron chi connectivity index (χ0n) is 19.2. The van der Waals surface area contributed by atoms with Gasteiger partial charge < -0.3 is 0 Å². The molecule has 0 saturated heterocycles. The molecule has 0 radical (unpaired) electrons. The molecule has 0 saturated carbocycles. The Labute approximate surface area is 209 Å². The molecule has 7 rings (SSSR count). The van der Waals surface area contributed by atoms with Crippen LogP contribution in [0.5, 0.6) is 0 Å². The molecular weight excluding hydrogens is 440 g/mol. The van der Waals surface area contributed by atoms with E-state index in [1.807, 2.05) is 17.4 Å². The Morgan fingerprint density at radius 3 is 2.03 bits per heavy atom. The number of rotatable bonds is 3. The van der Waals surface area contributed by atoms with Crippen LogP contribution in [0.25, 0.3) is 59.6 Å². The van der Waals surface area contributed by atoms with Crippen LogP contribution >= 0.6 is 11.3 Å². The Hall–Kier alpha value is -4.12. The number of fused-ring (bicyclic) bond motifs is 4. The smallest absolute Gasteiger partial charge is 0.0424 e. The van der Waals surface area contributed by atoms with Crippen molar-refractivity contribution in [3.8, 4) is 32.0 Å². The number of hydrogen-bond donors (Lipinski definition) is 0. The first kappa shape index (κ1) is 20.3. The lowest BCUT2D eigenvalue weighted by Gasteiger charge is -2.18. The van der Waals surface area contributed by atoms with E-state index in [2.05, 4.69) is 115 Å². The molecule has 35 heavy (non-hydrogen) atoms. The van der Waals surface area contributed by atoms with Gasteiger partial charge in [-0.05, 0) is 63.2 Å². The van der Waals surface area contributed by atoms with E-state index in [0.717, 1.165) is 18.4 Å². The van der Waals surface area contributed by atoms with Crippen molar-refractivity contribution in [2.24, 2.45) is 0 Å². The van der Waals surface area contributed by atoms with Crippen LogP contribution in [0.15, 0.2) is 103 Å². The standard InChI is InChI=1S/C34H22S/c1-3-13-23(14-4-1)31-27-19-9-7-17-25(27)26-18-8-10-20-28(26)32(31)34-30-22-12-11-21-29(30)33(35-34)24-15-5-2-6-16-24/h1-3,5-11,13,15-21H,12,22H2. The summed E-state index contributed by atoms with van der Waals surface area (Å²) in [6.45, 7) is 0. The number of allylic oxidation sites excluding steroid dienone is 1. The van der Waals surface area contributed by atoms with Crippen LogP contribution in [-0.2, 0) is 6.42 Å². The van der Waals surface area contributed by atoms with Gasteiger partial charge in [0.15, 0.2) is 0 Å². The van der Waals surface area contributed by atoms with Crippen molar-refractivity contribution in [1.82, 2.24) is 0 Å². The fraction of sp³-hybridized carbons (Fsp3) is 0.0588. The van der Waals surface area contributed by atoms with E-state index in [1.165, 1.54) is 59.1 Å². The maximum atomic E-state index is 3.44. The summed E-state index contributed by atoms with van der Waals surface area (Å²) in [7, 11) is 0. The molecule has 1 heterocycles. The molecule has 1 heteroatoms. The van der Waals surface area contributed by atoms with Crippen molar-refractivity contribution >= 4 is 39.0 Å². The minimum atomic E-state index is 1.07. The summed E-state index contributed by atoms with van der Waals surface area (Å²) in [5.41, 5.74) is 7.83. The van der Waals surface area contributed by atoms with Gasteiger partial charge in [0.1, 0.15) is 0 Å². The zero-order chi connectivity index (χ0) is 23.2. The maximum Gasteiger partial charge on any atom is 0.0424 e. The second kappa shape index (κ2) is 8.27. The molecule has 0 atom stereocenters. The number of hydrogen-bond acceptors (Lipinski definition) is 1. The number of thiophene rings is 1. The Bertz CT molecular complexity index is 1720. The van der Waals surface area contributed by atoms with Crippen molar-refractivity contribution in [2.75, 3.05) is 0 Å². The maximum absolute atomic E-state index is 3.44. The highest BCUT2D eigenvalue weighted by atomic mass is 32.1. The van der Waals surface area contributed by atoms with E-state index in [9.17, 15) is 0 Å². The van der Waals surface area contributed by atoms with Gasteiger partial charge >= 0.3 is 0 Å². The highest BCUT2D eigenvalue weighted by Gasteiger charge is 2.25. The normalized spacial score (nSPS) is 12.6. The van der Waals surface area contributed by atoms with Crippen molar-refractivity contribution in [2.45, 2.75) is 12.8 Å². The molecule has 6 aromatic rings. The zero-order valence-corrected chi connectivity index (χ0v) is 20.0. The molecule has 0 nitrogen and oxygen atoms in total. The van der Waals surface area contributed by atoms with Gasteiger partial charge in [-0.1, -0.05) is 109 Å². The molecule has 0 unspecified atom stereocenters. The van der Waals surface area contributed by atoms with E-state index in [0.29, 0.717) is 0 Å². The molecule has 1 aromatic heterocycles. The van der Waals surface area contributed by atoms with Crippen LogP contribution in [0, 0.1) is 12.1 Å². The average Bonchev–Trinajstić information content (AvgIpc) is 3.33. The lowest BCUT2D eigenvalue weighted by Crippen LogP contribution is -1.95. The average molecular weight is 463 g/mol. The Morgan fingerprint density at radius 1 is 0.629 bits per heavy atom. The largest absolute Gasteiger partial charge is 0.134 e. The van der Waals surface area contributed by atoms with Crippen LogP contribution < -0.4 is 0 Å². The molecule has 164 valence electrons. The number of benzene rings is 4. The van der Waals surface area contributed by atoms with Crippen LogP contribution in [-0.4, -0.2) is 0 Å². The van der Waals surface area contributed by atoms with Crippen LogP contribution in [0.3, 0.4) is 0 Å². The molecule has 0 N–H and O–H groups in total. The van der Waals surface area contributed by atoms with Gasteiger partial charge in [0.2, 0.25) is 0 Å². The summed E-state index contributed by atoms with van der Waals surface area (Å²) >= 11 is 1.94. The Kier molecular flexibility index (Phi) is 4.79. The third-order valence-electron chi connectivity index (χ3n) is 7.01. The highest BCUT2D eigenvalue weighted by molar-refractivity contribution is 7.19. The van der Waals surface area contributed by atoms with Crippen molar-refractivity contribution < 1.29 is 0 Å². The molecule has 0 spiro atoms. The fourth-order valence-corrected chi connectivity index (χ4v) is 6.90. The summed E-state index contributed by atoms with van der Waals surface area (Å²) in [6, 6.07) is 41.4. The molecule has 0 aliphatic heterocycles. The van der Waals surface area contributed by atoms with Crippen LogP contribution in [0.2, 0.25) is 0 Å². The second-order valence-electron chi connectivity index (χ2n) is 9.01. The molecule has 0 amide bonds. The molecule has 5 aromatic carbocycles. The topological polar surface area (TPSA) is 0 Å². The van der Waals surface area contributed by atoms with E-state index in [4.69, 9.17) is 0 Å². The quantitative estimate of drug-likeness (QED) is 0.230. The van der Waals surface area contributed by atoms with Gasteiger partial charge in [0, 0.05) is 26.4 Å². The third-order valence-corrected chi connectivity index (χ3v) is 8.32. The lowest BCUT2D eigenvalue weighted by molar-refractivity contribution is 0.997. The SMILES string of the molecule is c1cccc(-c2c(-c3sc(-c4ccccc4)c4c3CCC=C4)c3ccccc3c3ccccc23)c#1. The van der Waals surface area contributed by atoms with Crippen LogP contribution in [0.4, 0.5) is 0 Å². The van der Waals surface area contributed by atoms with Gasteiger partial charge in [-0.25, -0.2) is 0 Å². The van der Waals surface area contributed by atoms with E-state index in [1.54, 1.807) is 0 Å². The summed E-state index contributed by atoms with van der Waals surface area (Å²) in [4.78, 5) is 2.75. The van der Waals surface area contributed by atoms with Gasteiger partial charge in [-0.3, -0.25) is 0 Å². The van der Waals surface area contributed by atoms with Gasteiger partial charge in [-0.2, -0.15) is 0 Å². The molecule has 0 fully saturated rings. The Morgan fingerprint density at radius 2 is 1.31 bits per heavy atom. The molecule has 0 bridgehead atoms. The fourth-order valence-electron chi connectivity index (χ4n) is 5.49. The van der Waals surface area contributed by atoms with Gasteiger partial charge in [-0.15, -0.1) is 11.3 Å². The summed E-state index contributed by atoms with van der Waals surface area (Å²) in [5, 5.41) is 5.16. The molecular formula is C34H22S. The minimum absolute atomic E-state index is 1.07. The first-order valence-corrected chi connectivity index (χ1v) is 12.9. The van der Waals surface area contributed by atoms with Gasteiger partial charge in [0.25, 0.3) is 0 Å². The summed E-state index contributed by atoms with van der Waals surface area (Å²) in [6.07, 6.45) is 6.81. The van der Waals surface area contributed by atoms with Crippen LogP contribution in [0.1, 0.15) is 17.5 Å².